The van der Waals surface area contributed by atoms with E-state index < -0.39 is 6.10 Å². The van der Waals surface area contributed by atoms with Gasteiger partial charge < -0.3 is 10.0 Å². The van der Waals surface area contributed by atoms with Crippen molar-refractivity contribution >= 4 is 34.2 Å². The molecule has 2 aromatic rings. The molecule has 4 heteroatoms. The number of likely N-dealkylation sites (N-methyl/N-ethyl adjacent to an activating group) is 1. The fourth-order valence-corrected chi connectivity index (χ4v) is 3.38. The van der Waals surface area contributed by atoms with Crippen LogP contribution in [0.3, 0.4) is 0 Å². The van der Waals surface area contributed by atoms with Gasteiger partial charge in [0.1, 0.15) is 6.10 Å². The molecule has 0 radical (unpaired) electrons. The second-order valence-electron chi connectivity index (χ2n) is 5.40. The molecule has 0 aromatic heterocycles. The first kappa shape index (κ1) is 14.5. The third kappa shape index (κ3) is 2.46. The Morgan fingerprint density at radius 1 is 1.29 bits per heavy atom. The summed E-state index contributed by atoms with van der Waals surface area (Å²) >= 11 is 2.27. The molecular weight excluding hydrogens is 377 g/mol. The standard InChI is InChI=1S/C17H16INO2/c1-10-4-3-5-13(16(10)18)17(21)11-6-7-14-12(8-11)9-15(20)19(14)2/h3-8,17,21H,9H2,1-2H3. The molecule has 1 aliphatic rings. The summed E-state index contributed by atoms with van der Waals surface area (Å²) in [5.41, 5.74) is 4.83. The maximum atomic E-state index is 11.7. The van der Waals surface area contributed by atoms with Crippen LogP contribution >= 0.6 is 22.6 Å². The summed E-state index contributed by atoms with van der Waals surface area (Å²) in [5.74, 6) is 0.0989. The zero-order valence-corrected chi connectivity index (χ0v) is 14.1. The number of rotatable bonds is 2. The van der Waals surface area contributed by atoms with Crippen LogP contribution in [-0.2, 0) is 11.2 Å². The Hall–Kier alpha value is -1.40. The van der Waals surface area contributed by atoms with E-state index in [0.29, 0.717) is 6.42 Å². The third-order valence-electron chi connectivity index (χ3n) is 4.01. The number of carbonyl (C=O) groups is 1. The number of hydrogen-bond donors (Lipinski definition) is 1. The van der Waals surface area contributed by atoms with Gasteiger partial charge in [-0.05, 0) is 57.8 Å². The van der Waals surface area contributed by atoms with E-state index in [9.17, 15) is 9.90 Å². The Kier molecular flexibility index (Phi) is 3.75. The van der Waals surface area contributed by atoms with Crippen molar-refractivity contribution in [2.24, 2.45) is 0 Å². The summed E-state index contributed by atoms with van der Waals surface area (Å²) < 4.78 is 1.08. The third-order valence-corrected chi connectivity index (χ3v) is 5.49. The molecule has 1 aliphatic heterocycles. The van der Waals surface area contributed by atoms with Crippen LogP contribution in [0.25, 0.3) is 0 Å². The van der Waals surface area contributed by atoms with E-state index in [1.165, 1.54) is 0 Å². The van der Waals surface area contributed by atoms with Gasteiger partial charge in [-0.15, -0.1) is 0 Å². The molecule has 1 heterocycles. The van der Waals surface area contributed by atoms with Crippen molar-refractivity contribution in [3.8, 4) is 0 Å². The molecule has 1 unspecified atom stereocenters. The van der Waals surface area contributed by atoms with Crippen LogP contribution in [0.5, 0.6) is 0 Å². The number of aliphatic hydroxyl groups excluding tert-OH is 1. The number of hydrogen-bond acceptors (Lipinski definition) is 2. The minimum atomic E-state index is -0.664. The van der Waals surface area contributed by atoms with Gasteiger partial charge >= 0.3 is 0 Å². The number of carbonyl (C=O) groups excluding carboxylic acids is 1. The van der Waals surface area contributed by atoms with Crippen LogP contribution in [0.2, 0.25) is 0 Å². The number of amides is 1. The molecule has 0 spiro atoms. The zero-order chi connectivity index (χ0) is 15.1. The summed E-state index contributed by atoms with van der Waals surface area (Å²) in [4.78, 5) is 13.4. The van der Waals surface area contributed by atoms with Gasteiger partial charge in [0.25, 0.3) is 0 Å². The smallest absolute Gasteiger partial charge is 0.231 e. The number of aliphatic hydroxyl groups is 1. The summed E-state index contributed by atoms with van der Waals surface area (Å²) in [7, 11) is 1.79. The van der Waals surface area contributed by atoms with Gasteiger partial charge in [0.2, 0.25) is 5.91 Å². The molecule has 0 fully saturated rings. The molecule has 108 valence electrons. The minimum absolute atomic E-state index is 0.0989. The Morgan fingerprint density at radius 2 is 2.05 bits per heavy atom. The van der Waals surface area contributed by atoms with Crippen molar-refractivity contribution in [1.82, 2.24) is 0 Å². The summed E-state index contributed by atoms with van der Waals surface area (Å²) in [6, 6.07) is 11.7. The van der Waals surface area contributed by atoms with Crippen LogP contribution in [0.4, 0.5) is 5.69 Å². The quantitative estimate of drug-likeness (QED) is 0.797. The molecule has 2 aromatic carbocycles. The zero-order valence-electron chi connectivity index (χ0n) is 11.9. The Bertz CT molecular complexity index is 727. The number of anilines is 1. The van der Waals surface area contributed by atoms with E-state index in [1.54, 1.807) is 11.9 Å². The fourth-order valence-electron chi connectivity index (χ4n) is 2.72. The number of halogens is 1. The lowest BCUT2D eigenvalue weighted by Crippen LogP contribution is -2.20. The van der Waals surface area contributed by atoms with Crippen molar-refractivity contribution in [3.05, 3.63) is 62.2 Å². The summed E-state index contributed by atoms with van der Waals surface area (Å²) in [5, 5.41) is 10.7. The molecule has 0 bridgehead atoms. The van der Waals surface area contributed by atoms with Gasteiger partial charge in [-0.1, -0.05) is 30.3 Å². The lowest BCUT2D eigenvalue weighted by Gasteiger charge is -2.16. The Labute approximate surface area is 137 Å². The van der Waals surface area contributed by atoms with Crippen molar-refractivity contribution < 1.29 is 9.90 Å². The first-order valence-corrected chi connectivity index (χ1v) is 7.89. The van der Waals surface area contributed by atoms with E-state index in [4.69, 9.17) is 0 Å². The topological polar surface area (TPSA) is 40.5 Å². The molecule has 0 saturated heterocycles. The molecule has 0 aliphatic carbocycles. The fraction of sp³-hybridized carbons (Fsp3) is 0.235. The minimum Gasteiger partial charge on any atom is -0.384 e. The Morgan fingerprint density at radius 3 is 2.81 bits per heavy atom. The van der Waals surface area contributed by atoms with E-state index in [0.717, 1.165) is 31.5 Å². The molecule has 1 amide bonds. The highest BCUT2D eigenvalue weighted by Crippen LogP contribution is 2.33. The Balaban J connectivity index is 2.00. The van der Waals surface area contributed by atoms with Crippen molar-refractivity contribution in [1.29, 1.82) is 0 Å². The predicted molar refractivity (Wildman–Crippen MR) is 91.5 cm³/mol. The van der Waals surface area contributed by atoms with Gasteiger partial charge in [0.05, 0.1) is 6.42 Å². The van der Waals surface area contributed by atoms with Crippen molar-refractivity contribution in [2.75, 3.05) is 11.9 Å². The van der Waals surface area contributed by atoms with E-state index in [-0.39, 0.29) is 5.91 Å². The molecule has 3 rings (SSSR count). The normalized spacial score (nSPS) is 15.2. The van der Waals surface area contributed by atoms with Crippen LogP contribution in [0.15, 0.2) is 36.4 Å². The van der Waals surface area contributed by atoms with Gasteiger partial charge in [-0.25, -0.2) is 0 Å². The average molecular weight is 393 g/mol. The molecule has 1 N–H and O–H groups in total. The maximum absolute atomic E-state index is 11.7. The van der Waals surface area contributed by atoms with Gasteiger partial charge in [-0.3, -0.25) is 4.79 Å². The highest BCUT2D eigenvalue weighted by molar-refractivity contribution is 14.1. The molecule has 3 nitrogen and oxygen atoms in total. The van der Waals surface area contributed by atoms with Gasteiger partial charge in [0.15, 0.2) is 0 Å². The molecule has 21 heavy (non-hydrogen) atoms. The predicted octanol–water partition coefficient (Wildman–Crippen LogP) is 3.20. The van der Waals surface area contributed by atoms with Crippen molar-refractivity contribution in [3.63, 3.8) is 0 Å². The SMILES string of the molecule is Cc1cccc(C(O)c2ccc3c(c2)CC(=O)N3C)c1I. The molecular formula is C17H16INO2. The van der Waals surface area contributed by atoms with Crippen LogP contribution in [-0.4, -0.2) is 18.1 Å². The van der Waals surface area contributed by atoms with Gasteiger partial charge in [-0.2, -0.15) is 0 Å². The summed E-state index contributed by atoms with van der Waals surface area (Å²) in [6.07, 6.45) is -0.250. The van der Waals surface area contributed by atoms with Crippen molar-refractivity contribution in [2.45, 2.75) is 19.4 Å². The summed E-state index contributed by atoms with van der Waals surface area (Å²) in [6.45, 7) is 2.04. The second-order valence-corrected chi connectivity index (χ2v) is 6.48. The number of nitrogens with zero attached hydrogens (tertiary/aromatic N) is 1. The van der Waals surface area contributed by atoms with Crippen LogP contribution < -0.4 is 4.90 Å². The number of fused-ring (bicyclic) bond motifs is 1. The van der Waals surface area contributed by atoms with Crippen LogP contribution in [0.1, 0.15) is 28.4 Å². The van der Waals surface area contributed by atoms with Gasteiger partial charge in [0, 0.05) is 16.3 Å². The lowest BCUT2D eigenvalue weighted by molar-refractivity contribution is -0.117. The average Bonchev–Trinajstić information content (AvgIpc) is 2.76. The highest BCUT2D eigenvalue weighted by atomic mass is 127. The highest BCUT2D eigenvalue weighted by Gasteiger charge is 2.25. The number of benzene rings is 2. The van der Waals surface area contributed by atoms with E-state index in [1.807, 2.05) is 43.3 Å². The monoisotopic (exact) mass is 393 g/mol. The molecule has 0 saturated carbocycles. The first-order valence-electron chi connectivity index (χ1n) is 6.81. The molecule has 1 atom stereocenters. The van der Waals surface area contributed by atoms with E-state index >= 15 is 0 Å². The second kappa shape index (κ2) is 5.42. The maximum Gasteiger partial charge on any atom is 0.231 e. The lowest BCUT2D eigenvalue weighted by atomic mass is 9.97. The first-order chi connectivity index (χ1) is 9.99. The largest absolute Gasteiger partial charge is 0.384 e. The van der Waals surface area contributed by atoms with Crippen LogP contribution in [0, 0.1) is 10.5 Å². The van der Waals surface area contributed by atoms with E-state index in [2.05, 4.69) is 22.6 Å². The number of aryl methyl sites for hydroxylation is 1.